The van der Waals surface area contributed by atoms with E-state index in [2.05, 4.69) is 31.2 Å². The van der Waals surface area contributed by atoms with E-state index in [1.807, 2.05) is 36.4 Å². The number of rotatable bonds is 5. The summed E-state index contributed by atoms with van der Waals surface area (Å²) in [5.74, 6) is -0.0993. The van der Waals surface area contributed by atoms with Crippen molar-refractivity contribution < 1.29 is 4.79 Å². The van der Waals surface area contributed by atoms with Crippen molar-refractivity contribution in [3.05, 3.63) is 70.8 Å². The average molecular weight is 352 g/mol. The van der Waals surface area contributed by atoms with Gasteiger partial charge in [0, 0.05) is 12.6 Å². The second-order valence-electron chi connectivity index (χ2n) is 7.46. The number of carbonyl (C=O) groups excluding carboxylic acids is 1. The van der Waals surface area contributed by atoms with E-state index in [9.17, 15) is 9.59 Å². The van der Waals surface area contributed by atoms with Crippen LogP contribution in [-0.4, -0.2) is 20.1 Å². The van der Waals surface area contributed by atoms with E-state index in [1.54, 1.807) is 18.3 Å². The Hall–Kier alpha value is -2.89. The molecule has 1 N–H and O–H groups in total. The van der Waals surface area contributed by atoms with Gasteiger partial charge in [0.2, 0.25) is 5.91 Å². The third-order valence-electron chi connectivity index (χ3n) is 4.34. The summed E-state index contributed by atoms with van der Waals surface area (Å²) in [6.45, 7) is 6.53. The Kier molecular flexibility index (Phi) is 4.93. The molecule has 1 unspecified atom stereocenters. The first-order valence-electron chi connectivity index (χ1n) is 8.75. The standard InChI is InChI=1S/C20H24N4O2/c1-20(2,3)18(15-9-5-4-6-10-15)21-17(25)12-14-24-19(26)23-13-8-7-11-16(23)22-24/h4-11,13,18H,12,14H2,1-3H3,(H,21,25). The molecule has 0 radical (unpaired) electrons. The molecule has 0 aliphatic heterocycles. The number of pyridine rings is 1. The van der Waals surface area contributed by atoms with E-state index in [0.29, 0.717) is 5.65 Å². The Morgan fingerprint density at radius 2 is 1.81 bits per heavy atom. The minimum Gasteiger partial charge on any atom is -0.349 e. The quantitative estimate of drug-likeness (QED) is 0.768. The Morgan fingerprint density at radius 3 is 2.46 bits per heavy atom. The Morgan fingerprint density at radius 1 is 1.12 bits per heavy atom. The molecule has 6 nitrogen and oxygen atoms in total. The van der Waals surface area contributed by atoms with Gasteiger partial charge in [-0.05, 0) is 23.1 Å². The number of benzene rings is 1. The van der Waals surface area contributed by atoms with Crippen molar-refractivity contribution in [3.63, 3.8) is 0 Å². The number of carbonyl (C=O) groups is 1. The SMILES string of the molecule is CC(C)(C)C(NC(=O)CCn1nc2ccccn2c1=O)c1ccccc1. The summed E-state index contributed by atoms with van der Waals surface area (Å²) in [6.07, 6.45) is 1.87. The number of aryl methyl sites for hydroxylation is 1. The molecule has 0 aliphatic carbocycles. The zero-order chi connectivity index (χ0) is 18.7. The van der Waals surface area contributed by atoms with Gasteiger partial charge in [-0.3, -0.25) is 9.20 Å². The molecule has 1 aromatic carbocycles. The van der Waals surface area contributed by atoms with E-state index in [0.717, 1.165) is 5.56 Å². The van der Waals surface area contributed by atoms with Gasteiger partial charge in [-0.25, -0.2) is 9.48 Å². The molecule has 6 heteroatoms. The summed E-state index contributed by atoms with van der Waals surface area (Å²) in [6, 6.07) is 15.2. The number of hydrogen-bond donors (Lipinski definition) is 1. The van der Waals surface area contributed by atoms with Crippen molar-refractivity contribution in [2.75, 3.05) is 0 Å². The van der Waals surface area contributed by atoms with Crippen molar-refractivity contribution in [2.45, 2.75) is 39.8 Å². The lowest BCUT2D eigenvalue weighted by Crippen LogP contribution is -2.37. The molecule has 136 valence electrons. The van der Waals surface area contributed by atoms with Crippen LogP contribution in [0.3, 0.4) is 0 Å². The summed E-state index contributed by atoms with van der Waals surface area (Å²) < 4.78 is 2.81. The third kappa shape index (κ3) is 3.85. The van der Waals surface area contributed by atoms with Gasteiger partial charge < -0.3 is 5.32 Å². The monoisotopic (exact) mass is 352 g/mol. The summed E-state index contributed by atoms with van der Waals surface area (Å²) in [5.41, 5.74) is 1.29. The van der Waals surface area contributed by atoms with Crippen LogP contribution in [0.15, 0.2) is 59.5 Å². The van der Waals surface area contributed by atoms with Gasteiger partial charge in [-0.1, -0.05) is 57.2 Å². The van der Waals surface area contributed by atoms with Crippen LogP contribution in [0.4, 0.5) is 0 Å². The van der Waals surface area contributed by atoms with Crippen molar-refractivity contribution in [1.82, 2.24) is 19.5 Å². The molecule has 0 aliphatic rings. The van der Waals surface area contributed by atoms with Crippen LogP contribution >= 0.6 is 0 Å². The first-order valence-corrected chi connectivity index (χ1v) is 8.75. The highest BCUT2D eigenvalue weighted by atomic mass is 16.2. The maximum atomic E-state index is 12.5. The molecule has 2 aromatic heterocycles. The van der Waals surface area contributed by atoms with Crippen molar-refractivity contribution >= 4 is 11.6 Å². The molecule has 0 saturated heterocycles. The van der Waals surface area contributed by atoms with Gasteiger partial charge in [-0.2, -0.15) is 0 Å². The smallest absolute Gasteiger partial charge is 0.349 e. The Labute approximate surface area is 152 Å². The molecule has 3 aromatic rings. The molecule has 0 fully saturated rings. The molecule has 1 amide bonds. The molecule has 0 saturated carbocycles. The minimum atomic E-state index is -0.233. The Balaban J connectivity index is 1.71. The summed E-state index contributed by atoms with van der Waals surface area (Å²) in [5, 5.41) is 7.37. The topological polar surface area (TPSA) is 68.4 Å². The molecule has 1 atom stereocenters. The largest absolute Gasteiger partial charge is 0.350 e. The average Bonchev–Trinajstić information content (AvgIpc) is 2.94. The summed E-state index contributed by atoms with van der Waals surface area (Å²) >= 11 is 0. The fourth-order valence-electron chi connectivity index (χ4n) is 3.00. The maximum Gasteiger partial charge on any atom is 0.350 e. The fraction of sp³-hybridized carbons (Fsp3) is 0.350. The van der Waals surface area contributed by atoms with Crippen LogP contribution in [0.5, 0.6) is 0 Å². The zero-order valence-corrected chi connectivity index (χ0v) is 15.3. The summed E-state index contributed by atoms with van der Waals surface area (Å²) in [7, 11) is 0. The lowest BCUT2D eigenvalue weighted by atomic mass is 9.82. The molecule has 2 heterocycles. The van der Waals surface area contributed by atoms with Gasteiger partial charge in [-0.15, -0.1) is 5.10 Å². The first-order chi connectivity index (χ1) is 12.4. The van der Waals surface area contributed by atoms with Gasteiger partial charge >= 0.3 is 5.69 Å². The lowest BCUT2D eigenvalue weighted by molar-refractivity contribution is -0.122. The molecule has 0 bridgehead atoms. The first kappa shape index (κ1) is 17.9. The van der Waals surface area contributed by atoms with E-state index in [4.69, 9.17) is 0 Å². The second-order valence-corrected chi connectivity index (χ2v) is 7.46. The number of fused-ring (bicyclic) bond motifs is 1. The van der Waals surface area contributed by atoms with Gasteiger partial charge in [0.25, 0.3) is 0 Å². The van der Waals surface area contributed by atoms with E-state index in [-0.39, 0.29) is 36.0 Å². The second kappa shape index (κ2) is 7.15. The van der Waals surface area contributed by atoms with Crippen LogP contribution < -0.4 is 11.0 Å². The van der Waals surface area contributed by atoms with Crippen LogP contribution in [0.2, 0.25) is 0 Å². The van der Waals surface area contributed by atoms with Crippen LogP contribution in [0.25, 0.3) is 5.65 Å². The highest BCUT2D eigenvalue weighted by Crippen LogP contribution is 2.32. The minimum absolute atomic E-state index is 0.0993. The van der Waals surface area contributed by atoms with Crippen molar-refractivity contribution in [1.29, 1.82) is 0 Å². The lowest BCUT2D eigenvalue weighted by Gasteiger charge is -2.32. The highest BCUT2D eigenvalue weighted by Gasteiger charge is 2.27. The van der Waals surface area contributed by atoms with Crippen LogP contribution in [0.1, 0.15) is 38.8 Å². The fourth-order valence-corrected chi connectivity index (χ4v) is 3.00. The molecule has 0 spiro atoms. The predicted molar refractivity (Wildman–Crippen MR) is 101 cm³/mol. The van der Waals surface area contributed by atoms with E-state index < -0.39 is 0 Å². The number of nitrogens with zero attached hydrogens (tertiary/aromatic N) is 3. The highest BCUT2D eigenvalue weighted by molar-refractivity contribution is 5.76. The molecular formula is C20H24N4O2. The number of amides is 1. The van der Waals surface area contributed by atoms with Gasteiger partial charge in [0.05, 0.1) is 12.6 Å². The number of hydrogen-bond acceptors (Lipinski definition) is 3. The third-order valence-corrected chi connectivity index (χ3v) is 4.34. The molecule has 26 heavy (non-hydrogen) atoms. The predicted octanol–water partition coefficient (Wildman–Crippen LogP) is 2.79. The Bertz CT molecular complexity index is 951. The van der Waals surface area contributed by atoms with Crippen LogP contribution in [-0.2, 0) is 11.3 Å². The van der Waals surface area contributed by atoms with Crippen molar-refractivity contribution in [2.24, 2.45) is 5.41 Å². The van der Waals surface area contributed by atoms with Crippen molar-refractivity contribution in [3.8, 4) is 0 Å². The van der Waals surface area contributed by atoms with Gasteiger partial charge in [0.15, 0.2) is 5.65 Å². The zero-order valence-electron chi connectivity index (χ0n) is 15.3. The summed E-state index contributed by atoms with van der Waals surface area (Å²) in [4.78, 5) is 24.8. The number of aromatic nitrogens is 3. The number of nitrogens with one attached hydrogen (secondary N) is 1. The molecule has 3 rings (SSSR count). The van der Waals surface area contributed by atoms with Gasteiger partial charge in [0.1, 0.15) is 0 Å². The maximum absolute atomic E-state index is 12.5. The molecular weight excluding hydrogens is 328 g/mol. The normalized spacial score (nSPS) is 12.9. The van der Waals surface area contributed by atoms with E-state index >= 15 is 0 Å². The van der Waals surface area contributed by atoms with Crippen LogP contribution in [0, 0.1) is 5.41 Å². The van der Waals surface area contributed by atoms with E-state index in [1.165, 1.54) is 9.08 Å².